The number of carbonyl (C=O) groups is 1. The van der Waals surface area contributed by atoms with E-state index in [-0.39, 0.29) is 40.0 Å². The normalized spacial score (nSPS) is 17.1. The van der Waals surface area contributed by atoms with E-state index in [1.807, 2.05) is 4.72 Å². The zero-order valence-electron chi connectivity index (χ0n) is 6.94. The molecule has 1 aromatic rings. The van der Waals surface area contributed by atoms with Crippen molar-refractivity contribution >= 4 is 15.9 Å². The SMILES string of the molecule is O=C1NS(=O)(=O)c2ccccc21.[Na+]. The van der Waals surface area contributed by atoms with Crippen LogP contribution in [0.5, 0.6) is 0 Å². The van der Waals surface area contributed by atoms with Crippen LogP contribution in [0.2, 0.25) is 0 Å². The van der Waals surface area contributed by atoms with Crippen molar-refractivity contribution in [3.8, 4) is 0 Å². The van der Waals surface area contributed by atoms with E-state index in [0.717, 1.165) is 0 Å². The van der Waals surface area contributed by atoms with Crippen molar-refractivity contribution in [2.45, 2.75) is 4.90 Å². The van der Waals surface area contributed by atoms with E-state index in [4.69, 9.17) is 0 Å². The summed E-state index contributed by atoms with van der Waals surface area (Å²) in [6, 6.07) is 6.09. The van der Waals surface area contributed by atoms with Crippen LogP contribution in [-0.2, 0) is 10.0 Å². The molecule has 2 rings (SSSR count). The Morgan fingerprint density at radius 1 is 1.15 bits per heavy atom. The second-order valence-electron chi connectivity index (χ2n) is 2.43. The second-order valence-corrected chi connectivity index (χ2v) is 4.08. The van der Waals surface area contributed by atoms with Gasteiger partial charge in [0, 0.05) is 0 Å². The van der Waals surface area contributed by atoms with E-state index in [1.54, 1.807) is 12.1 Å². The summed E-state index contributed by atoms with van der Waals surface area (Å²) in [6.07, 6.45) is 0. The van der Waals surface area contributed by atoms with Gasteiger partial charge in [-0.25, -0.2) is 13.1 Å². The van der Waals surface area contributed by atoms with E-state index < -0.39 is 15.9 Å². The zero-order valence-corrected chi connectivity index (χ0v) is 9.76. The Bertz CT molecular complexity index is 455. The van der Waals surface area contributed by atoms with Gasteiger partial charge in [-0.15, -0.1) is 0 Å². The third-order valence-corrected chi connectivity index (χ3v) is 3.04. The van der Waals surface area contributed by atoms with Crippen molar-refractivity contribution < 1.29 is 42.8 Å². The van der Waals surface area contributed by atoms with Crippen molar-refractivity contribution in [3.63, 3.8) is 0 Å². The predicted molar refractivity (Wildman–Crippen MR) is 41.1 cm³/mol. The standard InChI is InChI=1S/C7H5NO3S.Na/c9-7-5-3-1-2-4-6(5)12(10,11)8-7;/h1-4H,(H,8,9);/q;+1. The van der Waals surface area contributed by atoms with Gasteiger partial charge in [0.25, 0.3) is 15.9 Å². The summed E-state index contributed by atoms with van der Waals surface area (Å²) in [5.74, 6) is -0.550. The molecule has 0 atom stereocenters. The number of fused-ring (bicyclic) bond motifs is 1. The maximum absolute atomic E-state index is 11.1. The molecule has 0 aliphatic carbocycles. The molecule has 0 bridgehead atoms. The Labute approximate surface area is 97.7 Å². The number of carbonyl (C=O) groups excluding carboxylic acids is 1. The van der Waals surface area contributed by atoms with Gasteiger partial charge in [0.05, 0.1) is 5.56 Å². The number of benzene rings is 1. The average Bonchev–Trinajstić information content (AvgIpc) is 2.25. The number of nitrogens with one attached hydrogen (secondary N) is 1. The summed E-state index contributed by atoms with van der Waals surface area (Å²) >= 11 is 0. The van der Waals surface area contributed by atoms with Gasteiger partial charge in [-0.2, -0.15) is 0 Å². The van der Waals surface area contributed by atoms with Crippen LogP contribution in [0.15, 0.2) is 29.2 Å². The molecule has 1 heterocycles. The molecular weight excluding hydrogens is 201 g/mol. The summed E-state index contributed by atoms with van der Waals surface area (Å²) in [4.78, 5) is 11.1. The van der Waals surface area contributed by atoms with Crippen LogP contribution in [0.4, 0.5) is 0 Å². The van der Waals surface area contributed by atoms with Gasteiger partial charge < -0.3 is 0 Å². The fourth-order valence-electron chi connectivity index (χ4n) is 1.12. The van der Waals surface area contributed by atoms with Crippen molar-refractivity contribution in [2.24, 2.45) is 0 Å². The Hall–Kier alpha value is -0.360. The molecule has 1 aliphatic heterocycles. The minimum Gasteiger partial charge on any atom is -0.268 e. The van der Waals surface area contributed by atoms with Gasteiger partial charge in [-0.05, 0) is 12.1 Å². The predicted octanol–water partition coefficient (Wildman–Crippen LogP) is -2.88. The molecule has 1 N–H and O–H groups in total. The number of sulfonamides is 1. The topological polar surface area (TPSA) is 63.2 Å². The quantitative estimate of drug-likeness (QED) is 0.464. The van der Waals surface area contributed by atoms with Crippen LogP contribution in [0.3, 0.4) is 0 Å². The molecule has 0 fully saturated rings. The van der Waals surface area contributed by atoms with Crippen LogP contribution in [0, 0.1) is 0 Å². The van der Waals surface area contributed by atoms with Gasteiger partial charge >= 0.3 is 29.6 Å². The molecule has 1 amide bonds. The summed E-state index contributed by atoms with van der Waals surface area (Å²) in [5, 5.41) is 0. The smallest absolute Gasteiger partial charge is 0.268 e. The Morgan fingerprint density at radius 3 is 2.38 bits per heavy atom. The number of hydrogen-bond donors (Lipinski definition) is 1. The maximum atomic E-state index is 11.1. The first-order valence-electron chi connectivity index (χ1n) is 3.27. The molecular formula is C7H5NNaO3S+. The summed E-state index contributed by atoms with van der Waals surface area (Å²) in [7, 11) is -3.55. The largest absolute Gasteiger partial charge is 1.00 e. The molecule has 4 nitrogen and oxygen atoms in total. The van der Waals surface area contributed by atoms with Gasteiger partial charge in [-0.1, -0.05) is 12.1 Å². The molecule has 13 heavy (non-hydrogen) atoms. The first kappa shape index (κ1) is 10.7. The van der Waals surface area contributed by atoms with E-state index in [2.05, 4.69) is 0 Å². The summed E-state index contributed by atoms with van der Waals surface area (Å²) < 4.78 is 24.2. The third-order valence-electron chi connectivity index (χ3n) is 1.65. The second kappa shape index (κ2) is 3.42. The first-order valence-corrected chi connectivity index (χ1v) is 4.76. The maximum Gasteiger partial charge on any atom is 1.00 e. The van der Waals surface area contributed by atoms with Crippen LogP contribution >= 0.6 is 0 Å². The van der Waals surface area contributed by atoms with Crippen molar-refractivity contribution in [1.29, 1.82) is 0 Å². The Morgan fingerprint density at radius 2 is 1.77 bits per heavy atom. The molecule has 0 aromatic heterocycles. The van der Waals surface area contributed by atoms with Crippen LogP contribution < -0.4 is 34.3 Å². The van der Waals surface area contributed by atoms with Gasteiger partial charge in [-0.3, -0.25) is 4.79 Å². The summed E-state index contributed by atoms with van der Waals surface area (Å²) in [5.41, 5.74) is 0.220. The molecule has 0 unspecified atom stereocenters. The van der Waals surface area contributed by atoms with Crippen molar-refractivity contribution in [1.82, 2.24) is 4.72 Å². The van der Waals surface area contributed by atoms with Crippen molar-refractivity contribution in [2.75, 3.05) is 0 Å². The Balaban J connectivity index is 0.000000845. The van der Waals surface area contributed by atoms with Crippen LogP contribution in [0.1, 0.15) is 10.4 Å². The van der Waals surface area contributed by atoms with Gasteiger partial charge in [0.15, 0.2) is 0 Å². The van der Waals surface area contributed by atoms with E-state index >= 15 is 0 Å². The van der Waals surface area contributed by atoms with E-state index in [9.17, 15) is 13.2 Å². The number of rotatable bonds is 0. The van der Waals surface area contributed by atoms with Crippen LogP contribution in [-0.4, -0.2) is 14.3 Å². The fourth-order valence-corrected chi connectivity index (χ4v) is 2.29. The number of hydrogen-bond acceptors (Lipinski definition) is 3. The van der Waals surface area contributed by atoms with Gasteiger partial charge in [0.1, 0.15) is 4.90 Å². The molecule has 1 aromatic carbocycles. The van der Waals surface area contributed by atoms with E-state index in [1.165, 1.54) is 12.1 Å². The minimum atomic E-state index is -3.55. The molecule has 62 valence electrons. The van der Waals surface area contributed by atoms with Gasteiger partial charge in [0.2, 0.25) is 0 Å². The Kier molecular flexibility index (Phi) is 2.82. The third kappa shape index (κ3) is 1.65. The molecule has 0 radical (unpaired) electrons. The van der Waals surface area contributed by atoms with E-state index in [0.29, 0.717) is 0 Å². The zero-order chi connectivity index (χ0) is 8.77. The van der Waals surface area contributed by atoms with Crippen LogP contribution in [0.25, 0.3) is 0 Å². The molecule has 0 spiro atoms. The first-order chi connectivity index (χ1) is 5.61. The fraction of sp³-hybridized carbons (Fsp3) is 0. The minimum absolute atomic E-state index is 0. The average molecular weight is 206 g/mol. The molecule has 6 heteroatoms. The molecule has 1 aliphatic rings. The summed E-state index contributed by atoms with van der Waals surface area (Å²) in [6.45, 7) is 0. The molecule has 0 saturated carbocycles. The van der Waals surface area contributed by atoms with Crippen molar-refractivity contribution in [3.05, 3.63) is 29.8 Å². The monoisotopic (exact) mass is 206 g/mol. The number of amides is 1. The molecule has 0 saturated heterocycles.